The average molecular weight is 250 g/mol. The van der Waals surface area contributed by atoms with Crippen molar-refractivity contribution in [1.82, 2.24) is 4.90 Å². The Balaban J connectivity index is 2.58. The van der Waals surface area contributed by atoms with Crippen LogP contribution in [-0.2, 0) is 6.54 Å². The third kappa shape index (κ3) is 4.84. The van der Waals surface area contributed by atoms with Gasteiger partial charge in [0.15, 0.2) is 0 Å². The summed E-state index contributed by atoms with van der Waals surface area (Å²) in [6.07, 6.45) is 3.81. The first-order valence-electron chi connectivity index (χ1n) is 6.21. The number of thiocarbonyl (C=S) groups is 1. The van der Waals surface area contributed by atoms with E-state index >= 15 is 0 Å². The van der Waals surface area contributed by atoms with Gasteiger partial charge in [-0.15, -0.1) is 0 Å². The van der Waals surface area contributed by atoms with E-state index in [1.807, 2.05) is 18.2 Å². The Bertz CT molecular complexity index is 363. The molecule has 17 heavy (non-hydrogen) atoms. The minimum absolute atomic E-state index is 0.488. The van der Waals surface area contributed by atoms with Crippen molar-refractivity contribution in [1.29, 1.82) is 0 Å². The van der Waals surface area contributed by atoms with E-state index in [1.165, 1.54) is 24.8 Å². The second-order valence-electron chi connectivity index (χ2n) is 4.47. The molecular weight excluding hydrogens is 228 g/mol. The minimum Gasteiger partial charge on any atom is -0.389 e. The molecule has 1 aromatic carbocycles. The van der Waals surface area contributed by atoms with Gasteiger partial charge in [0.1, 0.15) is 4.99 Å². The molecule has 0 amide bonds. The van der Waals surface area contributed by atoms with Crippen molar-refractivity contribution in [3.63, 3.8) is 0 Å². The summed E-state index contributed by atoms with van der Waals surface area (Å²) in [5.74, 6) is 0. The Morgan fingerprint density at radius 3 is 2.65 bits per heavy atom. The lowest BCUT2D eigenvalue weighted by Crippen LogP contribution is -2.22. The highest BCUT2D eigenvalue weighted by atomic mass is 32.1. The van der Waals surface area contributed by atoms with Crippen LogP contribution in [0.4, 0.5) is 0 Å². The van der Waals surface area contributed by atoms with Crippen molar-refractivity contribution in [3.05, 3.63) is 35.4 Å². The fraction of sp³-hybridized carbons (Fsp3) is 0.500. The monoisotopic (exact) mass is 250 g/mol. The molecule has 0 aliphatic rings. The molecule has 2 N–H and O–H groups in total. The zero-order valence-electron chi connectivity index (χ0n) is 10.8. The molecule has 0 aliphatic carbocycles. The average Bonchev–Trinajstić information content (AvgIpc) is 2.29. The van der Waals surface area contributed by atoms with Crippen molar-refractivity contribution in [2.24, 2.45) is 5.73 Å². The molecule has 0 spiro atoms. The van der Waals surface area contributed by atoms with Gasteiger partial charge in [-0.25, -0.2) is 0 Å². The number of benzene rings is 1. The Hall–Kier alpha value is -0.930. The SMILES string of the molecule is CCCCCN(C)Cc1ccccc1C(N)=S. The van der Waals surface area contributed by atoms with E-state index in [9.17, 15) is 0 Å². The Kier molecular flexibility index (Phi) is 6.16. The Morgan fingerprint density at radius 1 is 1.29 bits per heavy atom. The van der Waals surface area contributed by atoms with E-state index in [1.54, 1.807) is 0 Å². The predicted octanol–water partition coefficient (Wildman–Crippen LogP) is 2.94. The smallest absolute Gasteiger partial charge is 0.104 e. The van der Waals surface area contributed by atoms with Gasteiger partial charge in [0.25, 0.3) is 0 Å². The number of nitrogens with two attached hydrogens (primary N) is 1. The predicted molar refractivity (Wildman–Crippen MR) is 78.2 cm³/mol. The van der Waals surface area contributed by atoms with E-state index in [0.717, 1.165) is 18.7 Å². The maximum atomic E-state index is 5.72. The van der Waals surface area contributed by atoms with Crippen LogP contribution in [0.1, 0.15) is 37.3 Å². The van der Waals surface area contributed by atoms with Gasteiger partial charge in [0.05, 0.1) is 0 Å². The summed E-state index contributed by atoms with van der Waals surface area (Å²) in [4.78, 5) is 2.81. The summed E-state index contributed by atoms with van der Waals surface area (Å²) in [6.45, 7) is 4.26. The van der Waals surface area contributed by atoms with Gasteiger partial charge < -0.3 is 10.6 Å². The van der Waals surface area contributed by atoms with Crippen LogP contribution in [0.25, 0.3) is 0 Å². The van der Waals surface area contributed by atoms with Crippen LogP contribution in [0.3, 0.4) is 0 Å². The minimum atomic E-state index is 0.488. The van der Waals surface area contributed by atoms with Gasteiger partial charge in [-0.3, -0.25) is 0 Å². The standard InChI is InChI=1S/C14H22N2S/c1-3-4-7-10-16(2)11-12-8-5-6-9-13(12)14(15)17/h5-6,8-9H,3-4,7,10-11H2,1-2H3,(H2,15,17). The van der Waals surface area contributed by atoms with Crippen LogP contribution in [0.2, 0.25) is 0 Å². The van der Waals surface area contributed by atoms with Gasteiger partial charge in [-0.05, 0) is 25.6 Å². The third-order valence-corrected chi connectivity index (χ3v) is 3.09. The molecule has 94 valence electrons. The zero-order valence-corrected chi connectivity index (χ0v) is 11.6. The summed E-state index contributed by atoms with van der Waals surface area (Å²) in [6, 6.07) is 8.12. The van der Waals surface area contributed by atoms with Crippen LogP contribution < -0.4 is 5.73 Å². The lowest BCUT2D eigenvalue weighted by Gasteiger charge is -2.18. The topological polar surface area (TPSA) is 29.3 Å². The summed E-state index contributed by atoms with van der Waals surface area (Å²) >= 11 is 5.07. The first-order chi connectivity index (χ1) is 8.15. The maximum absolute atomic E-state index is 5.72. The van der Waals surface area contributed by atoms with Crippen molar-refractivity contribution >= 4 is 17.2 Å². The van der Waals surface area contributed by atoms with Crippen molar-refractivity contribution < 1.29 is 0 Å². The number of unbranched alkanes of at least 4 members (excludes halogenated alkanes) is 2. The van der Waals surface area contributed by atoms with Crippen LogP contribution in [-0.4, -0.2) is 23.5 Å². The van der Waals surface area contributed by atoms with E-state index in [-0.39, 0.29) is 0 Å². The highest BCUT2D eigenvalue weighted by molar-refractivity contribution is 7.80. The van der Waals surface area contributed by atoms with Crippen LogP contribution >= 0.6 is 12.2 Å². The molecule has 0 aromatic heterocycles. The summed E-state index contributed by atoms with van der Waals surface area (Å²) < 4.78 is 0. The molecule has 0 unspecified atom stereocenters. The first-order valence-corrected chi connectivity index (χ1v) is 6.62. The molecule has 0 radical (unpaired) electrons. The second-order valence-corrected chi connectivity index (χ2v) is 4.91. The molecule has 0 fully saturated rings. The van der Waals surface area contributed by atoms with Gasteiger partial charge in [0.2, 0.25) is 0 Å². The molecule has 0 aliphatic heterocycles. The molecule has 3 heteroatoms. The molecule has 0 saturated carbocycles. The third-order valence-electron chi connectivity index (χ3n) is 2.87. The van der Waals surface area contributed by atoms with Gasteiger partial charge in [-0.1, -0.05) is 56.2 Å². The lowest BCUT2D eigenvalue weighted by molar-refractivity contribution is 0.318. The van der Waals surface area contributed by atoms with Crippen LogP contribution in [0.5, 0.6) is 0 Å². The molecular formula is C14H22N2S. The first kappa shape index (κ1) is 14.1. The summed E-state index contributed by atoms with van der Waals surface area (Å²) in [7, 11) is 2.14. The normalized spacial score (nSPS) is 10.8. The molecule has 1 rings (SSSR count). The van der Waals surface area contributed by atoms with Gasteiger partial charge >= 0.3 is 0 Å². The van der Waals surface area contributed by atoms with Crippen LogP contribution in [0, 0.1) is 0 Å². The van der Waals surface area contributed by atoms with E-state index in [2.05, 4.69) is 24.9 Å². The number of hydrogen-bond acceptors (Lipinski definition) is 2. The molecule has 0 bridgehead atoms. The highest BCUT2D eigenvalue weighted by Gasteiger charge is 2.06. The van der Waals surface area contributed by atoms with Gasteiger partial charge in [0, 0.05) is 12.1 Å². The van der Waals surface area contributed by atoms with Crippen molar-refractivity contribution in [3.8, 4) is 0 Å². The summed E-state index contributed by atoms with van der Waals surface area (Å²) in [5.41, 5.74) is 7.95. The lowest BCUT2D eigenvalue weighted by atomic mass is 10.1. The molecule has 1 aromatic rings. The van der Waals surface area contributed by atoms with E-state index in [4.69, 9.17) is 18.0 Å². The van der Waals surface area contributed by atoms with Crippen molar-refractivity contribution in [2.75, 3.05) is 13.6 Å². The Morgan fingerprint density at radius 2 is 2.00 bits per heavy atom. The maximum Gasteiger partial charge on any atom is 0.104 e. The zero-order chi connectivity index (χ0) is 12.7. The number of rotatable bonds is 7. The molecule has 0 heterocycles. The van der Waals surface area contributed by atoms with Gasteiger partial charge in [-0.2, -0.15) is 0 Å². The fourth-order valence-corrected chi connectivity index (χ4v) is 2.10. The Labute approximate surface area is 110 Å². The number of hydrogen-bond donors (Lipinski definition) is 1. The number of nitrogens with zero attached hydrogens (tertiary/aromatic N) is 1. The fourth-order valence-electron chi connectivity index (χ4n) is 1.90. The quantitative estimate of drug-likeness (QED) is 0.596. The molecule has 0 saturated heterocycles. The van der Waals surface area contributed by atoms with Crippen molar-refractivity contribution in [2.45, 2.75) is 32.7 Å². The van der Waals surface area contributed by atoms with Crippen LogP contribution in [0.15, 0.2) is 24.3 Å². The second kappa shape index (κ2) is 7.41. The largest absolute Gasteiger partial charge is 0.389 e. The summed E-state index contributed by atoms with van der Waals surface area (Å²) in [5, 5.41) is 0. The molecule has 2 nitrogen and oxygen atoms in total. The van der Waals surface area contributed by atoms with E-state index in [0.29, 0.717) is 4.99 Å². The van der Waals surface area contributed by atoms with E-state index < -0.39 is 0 Å². The molecule has 0 atom stereocenters. The highest BCUT2D eigenvalue weighted by Crippen LogP contribution is 2.11.